The second-order valence-electron chi connectivity index (χ2n) is 5.97. The van der Waals surface area contributed by atoms with Crippen molar-refractivity contribution in [1.29, 1.82) is 0 Å². The number of aromatic nitrogens is 1. The molecule has 0 radical (unpaired) electrons. The van der Waals surface area contributed by atoms with Gasteiger partial charge in [0.05, 0.1) is 5.56 Å². The first-order valence-electron chi connectivity index (χ1n) is 7.80. The third kappa shape index (κ3) is 2.38. The van der Waals surface area contributed by atoms with Crippen LogP contribution in [0.2, 0.25) is 0 Å². The van der Waals surface area contributed by atoms with Crippen LogP contribution < -0.4 is 0 Å². The van der Waals surface area contributed by atoms with Crippen LogP contribution in [0.3, 0.4) is 0 Å². The molecule has 0 spiro atoms. The van der Waals surface area contributed by atoms with E-state index in [1.165, 1.54) is 30.0 Å². The van der Waals surface area contributed by atoms with Crippen molar-refractivity contribution in [3.05, 3.63) is 71.2 Å². The van der Waals surface area contributed by atoms with Crippen LogP contribution in [0.4, 0.5) is 4.39 Å². The molecular weight excluding hydrogens is 307 g/mol. The molecule has 4 rings (SSSR count). The number of rotatable bonds is 2. The molecule has 24 heavy (non-hydrogen) atoms. The van der Waals surface area contributed by atoms with Crippen LogP contribution >= 0.6 is 0 Å². The number of carbonyl (C=O) groups is 2. The zero-order chi connectivity index (χ0) is 16.7. The van der Waals surface area contributed by atoms with Crippen molar-refractivity contribution >= 4 is 22.6 Å². The summed E-state index contributed by atoms with van der Waals surface area (Å²) in [4.78, 5) is 29.6. The summed E-state index contributed by atoms with van der Waals surface area (Å²) < 4.78 is 13.3. The largest absolute Gasteiger partial charge is 0.360 e. The third-order valence-electron chi connectivity index (χ3n) is 4.50. The van der Waals surface area contributed by atoms with Crippen LogP contribution in [0.25, 0.3) is 10.9 Å². The summed E-state index contributed by atoms with van der Waals surface area (Å²) in [5, 5.41) is 0.562. The zero-order valence-corrected chi connectivity index (χ0v) is 12.9. The molecule has 2 heterocycles. The SMILES string of the molecule is O=C(C(=O)N1CCc2ccccc2C1)c1c[nH]c2cc(F)ccc12. The van der Waals surface area contributed by atoms with Gasteiger partial charge in [-0.2, -0.15) is 0 Å². The van der Waals surface area contributed by atoms with Crippen LogP contribution in [0, 0.1) is 5.82 Å². The van der Waals surface area contributed by atoms with Gasteiger partial charge < -0.3 is 9.88 Å². The fraction of sp³-hybridized carbons (Fsp3) is 0.158. The standard InChI is InChI=1S/C19H15FN2O2/c20-14-5-6-15-16(10-21-17(15)9-14)18(23)19(24)22-8-7-12-3-1-2-4-13(12)11-22/h1-6,9-10,21H,7-8,11H2. The lowest BCUT2D eigenvalue weighted by atomic mass is 9.99. The molecular formula is C19H15FN2O2. The van der Waals surface area contributed by atoms with Crippen molar-refractivity contribution in [3.8, 4) is 0 Å². The quantitative estimate of drug-likeness (QED) is 0.582. The second-order valence-corrected chi connectivity index (χ2v) is 5.97. The van der Waals surface area contributed by atoms with Gasteiger partial charge in [-0.25, -0.2) is 4.39 Å². The normalized spacial score (nSPS) is 13.8. The van der Waals surface area contributed by atoms with E-state index >= 15 is 0 Å². The molecule has 0 unspecified atom stereocenters. The Morgan fingerprint density at radius 1 is 1.08 bits per heavy atom. The third-order valence-corrected chi connectivity index (χ3v) is 4.50. The number of Topliss-reactive ketones (excluding diaryl/α,β-unsaturated/α-hetero) is 1. The zero-order valence-electron chi connectivity index (χ0n) is 12.9. The van der Waals surface area contributed by atoms with Crippen LogP contribution in [0.15, 0.2) is 48.7 Å². The topological polar surface area (TPSA) is 53.2 Å². The Hall–Kier alpha value is -2.95. The highest BCUT2D eigenvalue weighted by molar-refractivity contribution is 6.44. The van der Waals surface area contributed by atoms with Crippen LogP contribution in [0.1, 0.15) is 21.5 Å². The maximum atomic E-state index is 13.3. The van der Waals surface area contributed by atoms with Gasteiger partial charge in [-0.15, -0.1) is 0 Å². The van der Waals surface area contributed by atoms with Gasteiger partial charge in [0.15, 0.2) is 0 Å². The van der Waals surface area contributed by atoms with E-state index in [0.29, 0.717) is 24.0 Å². The average Bonchev–Trinajstić information content (AvgIpc) is 3.03. The molecule has 0 bridgehead atoms. The number of amides is 1. The van der Waals surface area contributed by atoms with Crippen LogP contribution in [0.5, 0.6) is 0 Å². The average molecular weight is 322 g/mol. The predicted molar refractivity (Wildman–Crippen MR) is 88.2 cm³/mol. The summed E-state index contributed by atoms with van der Waals surface area (Å²) in [5.74, 6) is -1.47. The van der Waals surface area contributed by atoms with Crippen molar-refractivity contribution in [3.63, 3.8) is 0 Å². The molecule has 3 aromatic rings. The monoisotopic (exact) mass is 322 g/mol. The molecule has 120 valence electrons. The fourth-order valence-electron chi connectivity index (χ4n) is 3.21. The molecule has 0 aliphatic carbocycles. The van der Waals surface area contributed by atoms with Gasteiger partial charge in [0.2, 0.25) is 0 Å². The molecule has 0 saturated heterocycles. The number of carbonyl (C=O) groups excluding carboxylic acids is 2. The minimum atomic E-state index is -0.563. The fourth-order valence-corrected chi connectivity index (χ4v) is 3.21. The van der Waals surface area contributed by atoms with Gasteiger partial charge in [-0.1, -0.05) is 24.3 Å². The number of halogens is 1. The Labute approximate surface area is 137 Å². The van der Waals surface area contributed by atoms with E-state index in [9.17, 15) is 14.0 Å². The number of fused-ring (bicyclic) bond motifs is 2. The molecule has 1 aromatic heterocycles. The molecule has 0 fully saturated rings. The smallest absolute Gasteiger partial charge is 0.295 e. The Balaban J connectivity index is 1.61. The summed E-state index contributed by atoms with van der Waals surface area (Å²) in [7, 11) is 0. The number of nitrogens with zero attached hydrogens (tertiary/aromatic N) is 1. The van der Waals surface area contributed by atoms with E-state index in [0.717, 1.165) is 12.0 Å². The van der Waals surface area contributed by atoms with Crippen LogP contribution in [-0.4, -0.2) is 28.1 Å². The molecule has 4 nitrogen and oxygen atoms in total. The minimum absolute atomic E-state index is 0.286. The van der Waals surface area contributed by atoms with E-state index in [4.69, 9.17) is 0 Å². The Morgan fingerprint density at radius 3 is 2.71 bits per heavy atom. The highest BCUT2D eigenvalue weighted by Crippen LogP contribution is 2.23. The highest BCUT2D eigenvalue weighted by atomic mass is 19.1. The van der Waals surface area contributed by atoms with Gasteiger partial charge in [0.25, 0.3) is 11.7 Å². The highest BCUT2D eigenvalue weighted by Gasteiger charge is 2.28. The molecule has 0 saturated carbocycles. The number of nitrogens with one attached hydrogen (secondary N) is 1. The number of aromatic amines is 1. The lowest BCUT2D eigenvalue weighted by Gasteiger charge is -2.28. The van der Waals surface area contributed by atoms with Gasteiger partial charge in [0.1, 0.15) is 5.82 Å². The van der Waals surface area contributed by atoms with Gasteiger partial charge >= 0.3 is 0 Å². The second kappa shape index (κ2) is 5.60. The van der Waals surface area contributed by atoms with Gasteiger partial charge in [-0.3, -0.25) is 9.59 Å². The van der Waals surface area contributed by atoms with E-state index in [1.54, 1.807) is 4.90 Å². The van der Waals surface area contributed by atoms with E-state index in [2.05, 4.69) is 4.98 Å². The summed E-state index contributed by atoms with van der Waals surface area (Å²) in [5.41, 5.74) is 3.09. The lowest BCUT2D eigenvalue weighted by Crippen LogP contribution is -2.40. The summed E-state index contributed by atoms with van der Waals surface area (Å²) >= 11 is 0. The number of ketones is 1. The molecule has 1 aliphatic heterocycles. The Kier molecular flexibility index (Phi) is 3.41. The van der Waals surface area contributed by atoms with Gasteiger partial charge in [-0.05, 0) is 35.7 Å². The van der Waals surface area contributed by atoms with Crippen molar-refractivity contribution in [2.75, 3.05) is 6.54 Å². The first-order valence-corrected chi connectivity index (χ1v) is 7.80. The predicted octanol–water partition coefficient (Wildman–Crippen LogP) is 3.07. The van der Waals surface area contributed by atoms with Crippen LogP contribution in [-0.2, 0) is 17.8 Å². The number of H-pyrrole nitrogens is 1. The Bertz CT molecular complexity index is 961. The number of benzene rings is 2. The summed E-state index contributed by atoms with van der Waals surface area (Å²) in [6, 6.07) is 12.1. The summed E-state index contributed by atoms with van der Waals surface area (Å²) in [6.45, 7) is 0.969. The molecule has 1 N–H and O–H groups in total. The first-order chi connectivity index (χ1) is 11.6. The van der Waals surface area contributed by atoms with Crippen molar-refractivity contribution in [2.24, 2.45) is 0 Å². The summed E-state index contributed by atoms with van der Waals surface area (Å²) in [6.07, 6.45) is 2.22. The maximum absolute atomic E-state index is 13.3. The molecule has 0 atom stereocenters. The van der Waals surface area contributed by atoms with E-state index in [1.807, 2.05) is 24.3 Å². The maximum Gasteiger partial charge on any atom is 0.295 e. The van der Waals surface area contributed by atoms with E-state index in [-0.39, 0.29) is 11.4 Å². The van der Waals surface area contributed by atoms with Gasteiger partial charge in [0, 0.05) is 30.2 Å². The van der Waals surface area contributed by atoms with Crippen molar-refractivity contribution < 1.29 is 14.0 Å². The van der Waals surface area contributed by atoms with Crippen molar-refractivity contribution in [2.45, 2.75) is 13.0 Å². The molecule has 2 aromatic carbocycles. The lowest BCUT2D eigenvalue weighted by molar-refractivity contribution is -0.127. The molecule has 1 amide bonds. The molecule has 1 aliphatic rings. The number of hydrogen-bond acceptors (Lipinski definition) is 2. The van der Waals surface area contributed by atoms with E-state index < -0.39 is 11.7 Å². The minimum Gasteiger partial charge on any atom is -0.360 e. The number of hydrogen-bond donors (Lipinski definition) is 1. The van der Waals surface area contributed by atoms with Crippen molar-refractivity contribution in [1.82, 2.24) is 9.88 Å². The first kappa shape index (κ1) is 14.6. The molecule has 5 heteroatoms. The Morgan fingerprint density at radius 2 is 1.88 bits per heavy atom.